The average molecular weight is 306 g/mol. The van der Waals surface area contributed by atoms with E-state index >= 15 is 0 Å². The summed E-state index contributed by atoms with van der Waals surface area (Å²) in [4.78, 5) is 0. The van der Waals surface area contributed by atoms with Gasteiger partial charge in [0, 0.05) is 19.0 Å². The number of hydrogen-bond acceptors (Lipinski definition) is 2. The minimum absolute atomic E-state index is 0.240. The predicted molar refractivity (Wildman–Crippen MR) is 89.1 cm³/mol. The molecule has 0 amide bonds. The molecule has 1 aromatic carbocycles. The molecule has 0 spiro atoms. The maximum atomic E-state index is 6.44. The summed E-state index contributed by atoms with van der Waals surface area (Å²) in [5.74, 6) is 0. The van der Waals surface area contributed by atoms with Gasteiger partial charge in [0.1, 0.15) is 0 Å². The van der Waals surface area contributed by atoms with E-state index in [1.807, 2.05) is 18.7 Å². The summed E-state index contributed by atoms with van der Waals surface area (Å²) < 4.78 is 2.01. The monoisotopic (exact) mass is 305 g/mol. The molecule has 0 radical (unpaired) electrons. The lowest BCUT2D eigenvalue weighted by atomic mass is 9.94. The fourth-order valence-electron chi connectivity index (χ4n) is 2.78. The Kier molecular flexibility index (Phi) is 5.07. The van der Waals surface area contributed by atoms with Crippen LogP contribution >= 0.6 is 11.6 Å². The first-order valence-electron chi connectivity index (χ1n) is 7.44. The van der Waals surface area contributed by atoms with Gasteiger partial charge in [-0.3, -0.25) is 4.68 Å². The maximum absolute atomic E-state index is 6.44. The fraction of sp³-hybridized carbons (Fsp3) is 0.471. The van der Waals surface area contributed by atoms with E-state index in [4.69, 9.17) is 11.6 Å². The average Bonchev–Trinajstić information content (AvgIpc) is 2.75. The number of aromatic nitrogens is 2. The standard InChI is InChI=1S/C17H24ClN3/c1-6-21-16(17(18)13(4)20-21)10-15(19-5)14-9-7-8-11(2)12(14)3/h7-9,15,19H,6,10H2,1-5H3. The Morgan fingerprint density at radius 2 is 2.00 bits per heavy atom. The molecular weight excluding hydrogens is 282 g/mol. The first-order chi connectivity index (χ1) is 9.99. The van der Waals surface area contributed by atoms with Crippen LogP contribution in [0.4, 0.5) is 0 Å². The highest BCUT2D eigenvalue weighted by Crippen LogP contribution is 2.28. The second kappa shape index (κ2) is 6.63. The largest absolute Gasteiger partial charge is 0.313 e. The number of benzene rings is 1. The summed E-state index contributed by atoms with van der Waals surface area (Å²) in [5, 5.41) is 8.72. The van der Waals surface area contributed by atoms with Crippen LogP contribution in [0.2, 0.25) is 5.02 Å². The van der Waals surface area contributed by atoms with Gasteiger partial charge >= 0.3 is 0 Å². The van der Waals surface area contributed by atoms with E-state index in [0.717, 1.165) is 29.4 Å². The molecule has 1 N–H and O–H groups in total. The fourth-order valence-corrected chi connectivity index (χ4v) is 2.99. The van der Waals surface area contributed by atoms with Crippen molar-refractivity contribution >= 4 is 11.6 Å². The summed E-state index contributed by atoms with van der Waals surface area (Å²) >= 11 is 6.44. The molecule has 21 heavy (non-hydrogen) atoms. The van der Waals surface area contributed by atoms with Gasteiger partial charge in [0.25, 0.3) is 0 Å². The molecule has 0 aliphatic carbocycles. The maximum Gasteiger partial charge on any atom is 0.0847 e. The van der Waals surface area contributed by atoms with Crippen LogP contribution in [0.15, 0.2) is 18.2 Å². The van der Waals surface area contributed by atoms with Gasteiger partial charge in [-0.2, -0.15) is 5.10 Å². The molecule has 1 unspecified atom stereocenters. The van der Waals surface area contributed by atoms with Crippen LogP contribution in [0.25, 0.3) is 0 Å². The third-order valence-electron chi connectivity index (χ3n) is 4.22. The molecular formula is C17H24ClN3. The highest BCUT2D eigenvalue weighted by Gasteiger charge is 2.19. The lowest BCUT2D eigenvalue weighted by Gasteiger charge is -2.20. The molecule has 1 atom stereocenters. The van der Waals surface area contributed by atoms with Crippen LogP contribution < -0.4 is 5.32 Å². The topological polar surface area (TPSA) is 29.9 Å². The van der Waals surface area contributed by atoms with Crippen molar-refractivity contribution in [2.24, 2.45) is 0 Å². The van der Waals surface area contributed by atoms with Crippen LogP contribution in [-0.4, -0.2) is 16.8 Å². The van der Waals surface area contributed by atoms with Crippen molar-refractivity contribution in [3.63, 3.8) is 0 Å². The lowest BCUT2D eigenvalue weighted by molar-refractivity contribution is 0.539. The van der Waals surface area contributed by atoms with Gasteiger partial charge in [-0.05, 0) is 51.4 Å². The summed E-state index contributed by atoms with van der Waals surface area (Å²) in [5.41, 5.74) is 6.00. The van der Waals surface area contributed by atoms with Gasteiger partial charge in [0.2, 0.25) is 0 Å². The van der Waals surface area contributed by atoms with Crippen molar-refractivity contribution in [3.05, 3.63) is 51.3 Å². The zero-order valence-corrected chi connectivity index (χ0v) is 14.3. The Labute approximate surface area is 132 Å². The first-order valence-corrected chi connectivity index (χ1v) is 7.82. The summed E-state index contributed by atoms with van der Waals surface area (Å²) in [7, 11) is 2.00. The Hall–Kier alpha value is -1.32. The number of rotatable bonds is 5. The second-order valence-corrected chi connectivity index (χ2v) is 5.87. The van der Waals surface area contributed by atoms with Crippen LogP contribution in [0.5, 0.6) is 0 Å². The third-order valence-corrected chi connectivity index (χ3v) is 4.71. The lowest BCUT2D eigenvalue weighted by Crippen LogP contribution is -2.22. The van der Waals surface area contributed by atoms with Gasteiger partial charge < -0.3 is 5.32 Å². The minimum atomic E-state index is 0.240. The summed E-state index contributed by atoms with van der Waals surface area (Å²) in [6.45, 7) is 9.23. The molecule has 0 aliphatic rings. The van der Waals surface area contributed by atoms with E-state index in [0.29, 0.717) is 0 Å². The van der Waals surface area contributed by atoms with Gasteiger partial charge in [-0.15, -0.1) is 0 Å². The highest BCUT2D eigenvalue weighted by atomic mass is 35.5. The molecule has 0 fully saturated rings. The quantitative estimate of drug-likeness (QED) is 0.905. The van der Waals surface area contributed by atoms with Crippen LogP contribution in [-0.2, 0) is 13.0 Å². The Morgan fingerprint density at radius 1 is 1.29 bits per heavy atom. The van der Waals surface area contributed by atoms with E-state index in [-0.39, 0.29) is 6.04 Å². The van der Waals surface area contributed by atoms with E-state index in [1.54, 1.807) is 0 Å². The molecule has 114 valence electrons. The van der Waals surface area contributed by atoms with Crippen molar-refractivity contribution in [2.45, 2.75) is 46.7 Å². The SMILES string of the molecule is CCn1nc(C)c(Cl)c1CC(NC)c1cccc(C)c1C. The second-order valence-electron chi connectivity index (χ2n) is 5.50. The van der Waals surface area contributed by atoms with Crippen molar-refractivity contribution in [1.29, 1.82) is 0 Å². The summed E-state index contributed by atoms with van der Waals surface area (Å²) in [6.07, 6.45) is 0.842. The molecule has 1 aromatic heterocycles. The molecule has 0 saturated heterocycles. The molecule has 3 nitrogen and oxygen atoms in total. The van der Waals surface area contributed by atoms with Gasteiger partial charge in [-0.25, -0.2) is 0 Å². The number of halogens is 1. The number of likely N-dealkylation sites (N-methyl/N-ethyl adjacent to an activating group) is 1. The van der Waals surface area contributed by atoms with Crippen molar-refractivity contribution in [2.75, 3.05) is 7.05 Å². The number of nitrogens with one attached hydrogen (secondary N) is 1. The van der Waals surface area contributed by atoms with E-state index < -0.39 is 0 Å². The zero-order chi connectivity index (χ0) is 15.6. The molecule has 4 heteroatoms. The molecule has 0 bridgehead atoms. The molecule has 2 aromatic rings. The molecule has 0 aliphatic heterocycles. The van der Waals surface area contributed by atoms with Crippen LogP contribution in [0.1, 0.15) is 41.0 Å². The number of hydrogen-bond donors (Lipinski definition) is 1. The smallest absolute Gasteiger partial charge is 0.0847 e. The highest BCUT2D eigenvalue weighted by molar-refractivity contribution is 6.31. The van der Waals surface area contributed by atoms with Gasteiger partial charge in [0.05, 0.1) is 16.4 Å². The number of nitrogens with zero attached hydrogens (tertiary/aromatic N) is 2. The van der Waals surface area contributed by atoms with E-state index in [9.17, 15) is 0 Å². The van der Waals surface area contributed by atoms with Crippen molar-refractivity contribution in [3.8, 4) is 0 Å². The molecule has 1 heterocycles. The van der Waals surface area contributed by atoms with Crippen LogP contribution in [0, 0.1) is 20.8 Å². The first kappa shape index (κ1) is 16.1. The molecule has 0 saturated carbocycles. The van der Waals surface area contributed by atoms with E-state index in [1.165, 1.54) is 16.7 Å². The van der Waals surface area contributed by atoms with E-state index in [2.05, 4.69) is 49.4 Å². The Balaban J connectivity index is 2.38. The number of aryl methyl sites for hydroxylation is 3. The van der Waals surface area contributed by atoms with Gasteiger partial charge in [0.15, 0.2) is 0 Å². The normalized spacial score (nSPS) is 12.7. The van der Waals surface area contributed by atoms with Gasteiger partial charge in [-0.1, -0.05) is 29.8 Å². The third kappa shape index (κ3) is 3.14. The Morgan fingerprint density at radius 3 is 2.62 bits per heavy atom. The van der Waals surface area contributed by atoms with Crippen molar-refractivity contribution < 1.29 is 0 Å². The zero-order valence-electron chi connectivity index (χ0n) is 13.5. The predicted octanol–water partition coefficient (Wildman–Crippen LogP) is 3.98. The molecule has 2 rings (SSSR count). The van der Waals surface area contributed by atoms with Crippen molar-refractivity contribution in [1.82, 2.24) is 15.1 Å². The summed E-state index contributed by atoms with van der Waals surface area (Å²) in [6, 6.07) is 6.70. The van der Waals surface area contributed by atoms with Crippen LogP contribution in [0.3, 0.4) is 0 Å². The Bertz CT molecular complexity index is 631. The minimum Gasteiger partial charge on any atom is -0.313 e.